The van der Waals surface area contributed by atoms with Crippen LogP contribution in [0.2, 0.25) is 0 Å². The van der Waals surface area contributed by atoms with Crippen molar-refractivity contribution in [1.82, 2.24) is 4.98 Å². The highest BCUT2D eigenvalue weighted by Crippen LogP contribution is 2.25. The van der Waals surface area contributed by atoms with Gasteiger partial charge in [-0.3, -0.25) is 4.79 Å². The second kappa shape index (κ2) is 5.71. The summed E-state index contributed by atoms with van der Waals surface area (Å²) in [4.78, 5) is 16.3. The van der Waals surface area contributed by atoms with Gasteiger partial charge in [0.15, 0.2) is 0 Å². The molecule has 0 bridgehead atoms. The third-order valence-electron chi connectivity index (χ3n) is 2.55. The predicted molar refractivity (Wildman–Crippen MR) is 83.2 cm³/mol. The highest BCUT2D eigenvalue weighted by Gasteiger charge is 2.12. The topological polar surface area (TPSA) is 68.0 Å². The van der Waals surface area contributed by atoms with Gasteiger partial charge in [0.2, 0.25) is 0 Å². The number of amides is 1. The molecule has 0 saturated carbocycles. The van der Waals surface area contributed by atoms with E-state index in [4.69, 9.17) is 5.73 Å². The van der Waals surface area contributed by atoms with Gasteiger partial charge in [0, 0.05) is 5.69 Å². The molecule has 0 radical (unpaired) electrons. The number of nitrogens with zero attached hydrogens (tertiary/aromatic N) is 1. The number of aryl methyl sites for hydroxylation is 1. The second-order valence-electron chi connectivity index (χ2n) is 3.99. The maximum atomic E-state index is 12.1. The summed E-state index contributed by atoms with van der Waals surface area (Å²) in [5, 5.41) is 2.79. The van der Waals surface area contributed by atoms with Crippen LogP contribution in [0.1, 0.15) is 15.9 Å². The zero-order valence-corrected chi connectivity index (χ0v) is 13.2. The molecule has 1 heterocycles. The van der Waals surface area contributed by atoms with Crippen LogP contribution in [0.5, 0.6) is 0 Å². The average molecular weight is 385 g/mol. The molecule has 1 aromatic heterocycles. The van der Waals surface area contributed by atoms with E-state index in [0.717, 1.165) is 10.2 Å². The Hall–Kier alpha value is -1.40. The van der Waals surface area contributed by atoms with E-state index in [-0.39, 0.29) is 5.91 Å². The number of nitrogens with two attached hydrogens (primary N) is 1. The van der Waals surface area contributed by atoms with Crippen LogP contribution in [-0.2, 0) is 0 Å². The molecule has 0 saturated heterocycles. The normalized spacial score (nSPS) is 10.3. The maximum Gasteiger partial charge on any atom is 0.256 e. The molecule has 2 aromatic rings. The quantitative estimate of drug-likeness (QED) is 0.612. The van der Waals surface area contributed by atoms with Crippen molar-refractivity contribution < 1.29 is 4.79 Å². The summed E-state index contributed by atoms with van der Waals surface area (Å²) in [6.45, 7) is 1.91. The van der Waals surface area contributed by atoms with Gasteiger partial charge in [-0.25, -0.2) is 4.98 Å². The van der Waals surface area contributed by atoms with Crippen molar-refractivity contribution in [1.29, 1.82) is 0 Å². The van der Waals surface area contributed by atoms with Crippen molar-refractivity contribution >= 4 is 49.1 Å². The number of rotatable bonds is 2. The first-order valence-corrected chi connectivity index (χ1v) is 7.05. The van der Waals surface area contributed by atoms with Crippen molar-refractivity contribution in [2.45, 2.75) is 6.92 Å². The molecule has 3 N–H and O–H groups in total. The molecule has 0 aliphatic heterocycles. The van der Waals surface area contributed by atoms with E-state index in [9.17, 15) is 4.79 Å². The molecule has 0 aliphatic rings. The first-order valence-electron chi connectivity index (χ1n) is 5.46. The fourth-order valence-electron chi connectivity index (χ4n) is 1.55. The van der Waals surface area contributed by atoms with Gasteiger partial charge in [0.25, 0.3) is 5.91 Å². The van der Waals surface area contributed by atoms with Gasteiger partial charge in [-0.2, -0.15) is 0 Å². The van der Waals surface area contributed by atoms with E-state index in [2.05, 4.69) is 42.2 Å². The molecule has 0 unspecified atom stereocenters. The van der Waals surface area contributed by atoms with Gasteiger partial charge in [0.1, 0.15) is 4.60 Å². The summed E-state index contributed by atoms with van der Waals surface area (Å²) in [6.07, 6.45) is 1.59. The highest BCUT2D eigenvalue weighted by molar-refractivity contribution is 9.10. The Kier molecular flexibility index (Phi) is 4.21. The van der Waals surface area contributed by atoms with Crippen LogP contribution in [0.25, 0.3) is 0 Å². The molecule has 6 heteroatoms. The van der Waals surface area contributed by atoms with E-state index in [1.54, 1.807) is 24.4 Å². The highest BCUT2D eigenvalue weighted by atomic mass is 79.9. The maximum absolute atomic E-state index is 12.1. The molecule has 19 heavy (non-hydrogen) atoms. The smallest absolute Gasteiger partial charge is 0.256 e. The Balaban J connectivity index is 2.26. The molecule has 1 aromatic carbocycles. The van der Waals surface area contributed by atoms with Crippen LogP contribution in [0.4, 0.5) is 11.4 Å². The molecule has 0 spiro atoms. The Morgan fingerprint density at radius 3 is 2.79 bits per heavy atom. The molecule has 0 aliphatic carbocycles. The van der Waals surface area contributed by atoms with E-state index in [1.807, 2.05) is 13.0 Å². The minimum absolute atomic E-state index is 0.234. The third-order valence-corrected chi connectivity index (χ3v) is 4.26. The molecule has 1 amide bonds. The van der Waals surface area contributed by atoms with Gasteiger partial charge < -0.3 is 11.1 Å². The van der Waals surface area contributed by atoms with Crippen molar-refractivity contribution in [3.8, 4) is 0 Å². The fourth-order valence-corrected chi connectivity index (χ4v) is 2.21. The number of aromatic nitrogens is 1. The second-order valence-corrected chi connectivity index (χ2v) is 5.54. The molecular weight excluding hydrogens is 374 g/mol. The number of anilines is 2. The first-order chi connectivity index (χ1) is 8.99. The Morgan fingerprint density at radius 2 is 2.11 bits per heavy atom. The van der Waals surface area contributed by atoms with Crippen LogP contribution < -0.4 is 11.1 Å². The van der Waals surface area contributed by atoms with Crippen molar-refractivity contribution in [2.24, 2.45) is 0 Å². The van der Waals surface area contributed by atoms with Crippen LogP contribution in [0.3, 0.4) is 0 Å². The van der Waals surface area contributed by atoms with E-state index >= 15 is 0 Å². The molecule has 0 atom stereocenters. The predicted octanol–water partition coefficient (Wildman–Crippen LogP) is 3.75. The van der Waals surface area contributed by atoms with Crippen LogP contribution in [0.15, 0.2) is 39.5 Å². The van der Waals surface area contributed by atoms with Crippen molar-refractivity contribution in [3.05, 3.63) is 50.7 Å². The number of nitrogens with one attached hydrogen (secondary N) is 1. The lowest BCUT2D eigenvalue weighted by Gasteiger charge is -2.09. The minimum Gasteiger partial charge on any atom is -0.398 e. The lowest BCUT2D eigenvalue weighted by Crippen LogP contribution is -2.13. The fraction of sp³-hybridized carbons (Fsp3) is 0.0769. The molecule has 2 rings (SSSR count). The molecular formula is C13H11Br2N3O. The monoisotopic (exact) mass is 383 g/mol. The van der Waals surface area contributed by atoms with E-state index < -0.39 is 0 Å². The summed E-state index contributed by atoms with van der Waals surface area (Å²) in [6, 6.07) is 7.01. The van der Waals surface area contributed by atoms with E-state index in [1.165, 1.54) is 0 Å². The SMILES string of the molecule is Cc1cc(NC(=O)c2cccc(N)c2Br)cnc1Br. The number of carbonyl (C=O) groups excluding carboxylic acids is 1. The zero-order valence-electron chi connectivity index (χ0n) is 10.1. The minimum atomic E-state index is -0.234. The lowest BCUT2D eigenvalue weighted by molar-refractivity contribution is 0.102. The van der Waals surface area contributed by atoms with Gasteiger partial charge >= 0.3 is 0 Å². The number of halogens is 2. The van der Waals surface area contributed by atoms with Gasteiger partial charge in [-0.15, -0.1) is 0 Å². The van der Waals surface area contributed by atoms with Crippen LogP contribution >= 0.6 is 31.9 Å². The number of pyridine rings is 1. The Labute approximate surface area is 127 Å². The van der Waals surface area contributed by atoms with Crippen LogP contribution in [0, 0.1) is 6.92 Å². The lowest BCUT2D eigenvalue weighted by atomic mass is 10.2. The number of hydrogen-bond acceptors (Lipinski definition) is 3. The van der Waals surface area contributed by atoms with Gasteiger partial charge in [-0.05, 0) is 62.5 Å². The van der Waals surface area contributed by atoms with Crippen molar-refractivity contribution in [2.75, 3.05) is 11.1 Å². The van der Waals surface area contributed by atoms with Gasteiger partial charge in [0.05, 0.1) is 21.9 Å². The Morgan fingerprint density at radius 1 is 1.37 bits per heavy atom. The van der Waals surface area contributed by atoms with Crippen molar-refractivity contribution in [3.63, 3.8) is 0 Å². The molecule has 4 nitrogen and oxygen atoms in total. The number of carbonyl (C=O) groups is 1. The van der Waals surface area contributed by atoms with E-state index in [0.29, 0.717) is 21.4 Å². The third kappa shape index (κ3) is 3.13. The van der Waals surface area contributed by atoms with Crippen LogP contribution in [-0.4, -0.2) is 10.9 Å². The number of hydrogen-bond donors (Lipinski definition) is 2. The summed E-state index contributed by atoms with van der Waals surface area (Å²) in [5.41, 5.74) is 8.35. The average Bonchev–Trinajstić information content (AvgIpc) is 2.37. The number of nitrogen functional groups attached to an aromatic ring is 1. The summed E-state index contributed by atoms with van der Waals surface area (Å²) >= 11 is 6.63. The summed E-state index contributed by atoms with van der Waals surface area (Å²) in [5.74, 6) is -0.234. The standard InChI is InChI=1S/C13H11Br2N3O/c1-7-5-8(6-17-12(7)15)18-13(19)9-3-2-4-10(16)11(9)14/h2-6H,16H2,1H3,(H,18,19). The zero-order chi connectivity index (χ0) is 14.0. The van der Waals surface area contributed by atoms with Gasteiger partial charge in [-0.1, -0.05) is 6.07 Å². The number of benzene rings is 1. The molecule has 98 valence electrons. The Bertz CT molecular complexity index is 644. The molecule has 0 fully saturated rings. The summed E-state index contributed by atoms with van der Waals surface area (Å²) < 4.78 is 1.35. The first kappa shape index (κ1) is 14.0. The summed E-state index contributed by atoms with van der Waals surface area (Å²) in [7, 11) is 0. The largest absolute Gasteiger partial charge is 0.398 e.